The second-order valence-corrected chi connectivity index (χ2v) is 6.38. The molecule has 0 aliphatic carbocycles. The molecule has 140 valence electrons. The molecule has 0 saturated carbocycles. The van der Waals surface area contributed by atoms with Gasteiger partial charge in [-0.05, 0) is 38.5 Å². The van der Waals surface area contributed by atoms with Crippen molar-refractivity contribution in [3.05, 3.63) is 41.7 Å². The summed E-state index contributed by atoms with van der Waals surface area (Å²) in [6.45, 7) is 6.28. The number of carbonyl (C=O) groups excluding carboxylic acids is 2. The highest BCUT2D eigenvalue weighted by Gasteiger charge is 2.11. The molecule has 1 aromatic heterocycles. The molecule has 0 aliphatic rings. The number of nitrogens with one attached hydrogen (secondary N) is 2. The molecule has 1 heterocycles. The van der Waals surface area contributed by atoms with Gasteiger partial charge in [0.1, 0.15) is 18.0 Å². The predicted octanol–water partition coefficient (Wildman–Crippen LogP) is 2.38. The Kier molecular flexibility index (Phi) is 6.82. The van der Waals surface area contributed by atoms with Crippen LogP contribution in [-0.4, -0.2) is 33.1 Å². The summed E-state index contributed by atoms with van der Waals surface area (Å²) < 4.78 is 15.6. The van der Waals surface area contributed by atoms with E-state index in [1.165, 1.54) is 6.07 Å². The zero-order chi connectivity index (χ0) is 19.1. The Hall–Kier alpha value is -2.77. The molecule has 2 rings (SSSR count). The SMILES string of the molecule is Cc1ccc(F)c(NC(=O)CCC(=O)NCCc2nncn2C(C)C)c1. The van der Waals surface area contributed by atoms with Gasteiger partial charge in [-0.1, -0.05) is 6.07 Å². The van der Waals surface area contributed by atoms with Gasteiger partial charge in [0, 0.05) is 31.8 Å². The number of aromatic nitrogens is 3. The number of rotatable bonds is 8. The standard InChI is InChI=1S/C18H24FN5O2/c1-12(2)24-11-21-23-16(24)8-9-20-17(25)6-7-18(26)22-15-10-13(3)4-5-14(15)19/h4-5,10-12H,6-9H2,1-3H3,(H,20,25)(H,22,26). The fraction of sp³-hybridized carbons (Fsp3) is 0.444. The van der Waals surface area contributed by atoms with Crippen LogP contribution in [-0.2, 0) is 16.0 Å². The van der Waals surface area contributed by atoms with Gasteiger partial charge in [-0.3, -0.25) is 9.59 Å². The van der Waals surface area contributed by atoms with E-state index < -0.39 is 11.7 Å². The summed E-state index contributed by atoms with van der Waals surface area (Å²) in [6.07, 6.45) is 2.25. The lowest BCUT2D eigenvalue weighted by atomic mass is 10.2. The molecule has 0 spiro atoms. The summed E-state index contributed by atoms with van der Waals surface area (Å²) in [6, 6.07) is 4.73. The van der Waals surface area contributed by atoms with E-state index in [0.29, 0.717) is 13.0 Å². The van der Waals surface area contributed by atoms with Crippen LogP contribution in [0, 0.1) is 12.7 Å². The topological polar surface area (TPSA) is 88.9 Å². The summed E-state index contributed by atoms with van der Waals surface area (Å²) in [4.78, 5) is 23.7. The van der Waals surface area contributed by atoms with E-state index in [1.807, 2.05) is 25.3 Å². The summed E-state index contributed by atoms with van der Waals surface area (Å²) in [5, 5.41) is 13.1. The molecule has 0 atom stereocenters. The Balaban J connectivity index is 1.72. The minimum Gasteiger partial charge on any atom is -0.356 e. The van der Waals surface area contributed by atoms with Gasteiger partial charge in [0.25, 0.3) is 0 Å². The molecule has 0 saturated heterocycles. The Labute approximate surface area is 152 Å². The Bertz CT molecular complexity index is 773. The summed E-state index contributed by atoms with van der Waals surface area (Å²) in [5.41, 5.74) is 0.970. The van der Waals surface area contributed by atoms with Crippen LogP contribution in [0.1, 0.15) is 44.1 Å². The van der Waals surface area contributed by atoms with Crippen molar-refractivity contribution in [2.45, 2.75) is 46.1 Å². The van der Waals surface area contributed by atoms with Gasteiger partial charge < -0.3 is 15.2 Å². The molecule has 2 amide bonds. The normalized spacial score (nSPS) is 10.8. The fourth-order valence-corrected chi connectivity index (χ4v) is 2.45. The molecule has 8 heteroatoms. The lowest BCUT2D eigenvalue weighted by molar-refractivity contribution is -0.124. The van der Waals surface area contributed by atoms with Crippen LogP contribution in [0.15, 0.2) is 24.5 Å². The fourth-order valence-electron chi connectivity index (χ4n) is 2.45. The van der Waals surface area contributed by atoms with E-state index in [-0.39, 0.29) is 30.5 Å². The number of hydrogen-bond acceptors (Lipinski definition) is 4. The first-order chi connectivity index (χ1) is 12.4. The van der Waals surface area contributed by atoms with Crippen molar-refractivity contribution in [2.75, 3.05) is 11.9 Å². The molecule has 26 heavy (non-hydrogen) atoms. The smallest absolute Gasteiger partial charge is 0.224 e. The highest BCUT2D eigenvalue weighted by atomic mass is 19.1. The Morgan fingerprint density at radius 2 is 1.96 bits per heavy atom. The van der Waals surface area contributed by atoms with Crippen molar-refractivity contribution >= 4 is 17.5 Å². The summed E-state index contributed by atoms with van der Waals surface area (Å²) >= 11 is 0. The van der Waals surface area contributed by atoms with E-state index in [2.05, 4.69) is 20.8 Å². The first-order valence-corrected chi connectivity index (χ1v) is 8.58. The van der Waals surface area contributed by atoms with Crippen molar-refractivity contribution in [3.63, 3.8) is 0 Å². The zero-order valence-electron chi connectivity index (χ0n) is 15.3. The second kappa shape index (κ2) is 9.07. The maximum absolute atomic E-state index is 13.6. The molecular formula is C18H24FN5O2. The molecule has 2 aromatic rings. The van der Waals surface area contributed by atoms with Crippen molar-refractivity contribution in [1.82, 2.24) is 20.1 Å². The van der Waals surface area contributed by atoms with Crippen molar-refractivity contribution in [1.29, 1.82) is 0 Å². The van der Waals surface area contributed by atoms with Crippen LogP contribution in [0.3, 0.4) is 0 Å². The van der Waals surface area contributed by atoms with Gasteiger partial charge in [0.05, 0.1) is 5.69 Å². The highest BCUT2D eigenvalue weighted by Crippen LogP contribution is 2.16. The number of carbonyl (C=O) groups is 2. The number of anilines is 1. The summed E-state index contributed by atoms with van der Waals surface area (Å²) in [7, 11) is 0. The number of nitrogens with zero attached hydrogens (tertiary/aromatic N) is 3. The number of halogens is 1. The molecular weight excluding hydrogens is 337 g/mol. The summed E-state index contributed by atoms with van der Waals surface area (Å²) in [5.74, 6) is -0.333. The van der Waals surface area contributed by atoms with Crippen molar-refractivity contribution < 1.29 is 14.0 Å². The Morgan fingerprint density at radius 1 is 1.23 bits per heavy atom. The maximum atomic E-state index is 13.6. The van der Waals surface area contributed by atoms with Crippen LogP contribution in [0.5, 0.6) is 0 Å². The molecule has 0 fully saturated rings. The van der Waals surface area contributed by atoms with E-state index in [1.54, 1.807) is 18.5 Å². The third-order valence-corrected chi connectivity index (χ3v) is 3.85. The van der Waals surface area contributed by atoms with Crippen molar-refractivity contribution in [3.8, 4) is 0 Å². The van der Waals surface area contributed by atoms with Gasteiger partial charge in [0.2, 0.25) is 11.8 Å². The number of aryl methyl sites for hydroxylation is 1. The van der Waals surface area contributed by atoms with Gasteiger partial charge >= 0.3 is 0 Å². The molecule has 0 unspecified atom stereocenters. The quantitative estimate of drug-likeness (QED) is 0.755. The van der Waals surface area contributed by atoms with Gasteiger partial charge in [-0.2, -0.15) is 0 Å². The van der Waals surface area contributed by atoms with E-state index >= 15 is 0 Å². The predicted molar refractivity (Wildman–Crippen MR) is 96.1 cm³/mol. The van der Waals surface area contributed by atoms with Crippen LogP contribution < -0.4 is 10.6 Å². The van der Waals surface area contributed by atoms with E-state index in [9.17, 15) is 14.0 Å². The number of amides is 2. The molecule has 1 aromatic carbocycles. The molecule has 0 radical (unpaired) electrons. The maximum Gasteiger partial charge on any atom is 0.224 e. The molecule has 0 bridgehead atoms. The van der Waals surface area contributed by atoms with Gasteiger partial charge in [-0.25, -0.2) is 4.39 Å². The minimum atomic E-state index is -0.498. The zero-order valence-corrected chi connectivity index (χ0v) is 15.3. The third kappa shape index (κ3) is 5.65. The number of hydrogen-bond donors (Lipinski definition) is 2. The first kappa shape index (κ1) is 19.6. The second-order valence-electron chi connectivity index (χ2n) is 6.38. The van der Waals surface area contributed by atoms with Crippen LogP contribution >= 0.6 is 0 Å². The van der Waals surface area contributed by atoms with E-state index in [0.717, 1.165) is 11.4 Å². The Morgan fingerprint density at radius 3 is 2.69 bits per heavy atom. The largest absolute Gasteiger partial charge is 0.356 e. The average Bonchev–Trinajstić information content (AvgIpc) is 3.05. The molecule has 2 N–H and O–H groups in total. The third-order valence-electron chi connectivity index (χ3n) is 3.85. The lowest BCUT2D eigenvalue weighted by Crippen LogP contribution is -2.27. The first-order valence-electron chi connectivity index (χ1n) is 8.58. The monoisotopic (exact) mass is 361 g/mol. The number of benzene rings is 1. The van der Waals surface area contributed by atoms with Crippen LogP contribution in [0.25, 0.3) is 0 Å². The van der Waals surface area contributed by atoms with Crippen molar-refractivity contribution in [2.24, 2.45) is 0 Å². The van der Waals surface area contributed by atoms with Crippen LogP contribution in [0.2, 0.25) is 0 Å². The molecule has 7 nitrogen and oxygen atoms in total. The lowest BCUT2D eigenvalue weighted by Gasteiger charge is -2.10. The molecule has 0 aliphatic heterocycles. The average molecular weight is 361 g/mol. The van der Waals surface area contributed by atoms with Gasteiger partial charge in [-0.15, -0.1) is 10.2 Å². The van der Waals surface area contributed by atoms with Gasteiger partial charge in [0.15, 0.2) is 0 Å². The van der Waals surface area contributed by atoms with E-state index in [4.69, 9.17) is 0 Å². The highest BCUT2D eigenvalue weighted by molar-refractivity contribution is 5.93. The van der Waals surface area contributed by atoms with Crippen LogP contribution in [0.4, 0.5) is 10.1 Å². The minimum absolute atomic E-state index is 0.0125.